The lowest BCUT2D eigenvalue weighted by Gasteiger charge is -2.14. The van der Waals surface area contributed by atoms with Gasteiger partial charge in [0, 0.05) is 36.5 Å². The molecule has 0 bridgehead atoms. The van der Waals surface area contributed by atoms with Gasteiger partial charge in [0.15, 0.2) is 0 Å². The van der Waals surface area contributed by atoms with Gasteiger partial charge in [0.1, 0.15) is 11.0 Å². The molecule has 3 aromatic rings. The number of aryl methyl sites for hydroxylation is 2. The van der Waals surface area contributed by atoms with Crippen LogP contribution in [-0.2, 0) is 13.6 Å². The van der Waals surface area contributed by atoms with Crippen LogP contribution in [0.15, 0.2) is 30.5 Å². The van der Waals surface area contributed by atoms with Gasteiger partial charge in [-0.25, -0.2) is 9.07 Å². The van der Waals surface area contributed by atoms with Crippen molar-refractivity contribution >= 4 is 11.6 Å². The maximum atomic E-state index is 13.5. The molecule has 2 aromatic heterocycles. The Morgan fingerprint density at radius 1 is 1.32 bits per heavy atom. The van der Waals surface area contributed by atoms with Crippen molar-refractivity contribution in [1.29, 1.82) is 0 Å². The van der Waals surface area contributed by atoms with Crippen LogP contribution >= 0.6 is 11.6 Å². The zero-order chi connectivity index (χ0) is 18.1. The molecule has 0 fully saturated rings. The zero-order valence-electron chi connectivity index (χ0n) is 14.7. The lowest BCUT2D eigenvalue weighted by atomic mass is 10.1. The maximum absolute atomic E-state index is 13.5. The Balaban J connectivity index is 1.78. The summed E-state index contributed by atoms with van der Waals surface area (Å²) in [5.41, 5.74) is 4.65. The minimum Gasteiger partial charge on any atom is -0.306 e. The van der Waals surface area contributed by atoms with Crippen LogP contribution in [0.4, 0.5) is 4.39 Å². The second-order valence-electron chi connectivity index (χ2n) is 6.16. The van der Waals surface area contributed by atoms with Gasteiger partial charge in [0.2, 0.25) is 0 Å². The summed E-state index contributed by atoms with van der Waals surface area (Å²) in [6.45, 7) is 6.61. The minimum absolute atomic E-state index is 0.0676. The standard InChI is InChI=1S/C18H21ClFN5/c1-11(21-9-17-12(2)23-24(4)18(17)19)16-10-22-25(13(16)3)15-7-5-6-14(20)8-15/h5-8,10-11,21H,9H2,1-4H3/t11-/m0/s1. The Morgan fingerprint density at radius 2 is 2.08 bits per heavy atom. The number of rotatable bonds is 5. The quantitative estimate of drug-likeness (QED) is 0.750. The predicted octanol–water partition coefficient (Wildman–Crippen LogP) is 3.87. The molecule has 0 aliphatic carbocycles. The van der Waals surface area contributed by atoms with E-state index in [1.54, 1.807) is 15.4 Å². The molecule has 0 unspecified atom stereocenters. The van der Waals surface area contributed by atoms with Gasteiger partial charge in [0.05, 0.1) is 17.6 Å². The van der Waals surface area contributed by atoms with Crippen molar-refractivity contribution in [3.63, 3.8) is 0 Å². The van der Waals surface area contributed by atoms with E-state index in [4.69, 9.17) is 11.6 Å². The van der Waals surface area contributed by atoms with E-state index in [1.807, 2.05) is 33.2 Å². The molecule has 0 amide bonds. The number of halogens is 2. The van der Waals surface area contributed by atoms with Gasteiger partial charge >= 0.3 is 0 Å². The van der Waals surface area contributed by atoms with E-state index in [-0.39, 0.29) is 11.9 Å². The fraction of sp³-hybridized carbons (Fsp3) is 0.333. The zero-order valence-corrected chi connectivity index (χ0v) is 15.5. The first-order valence-corrected chi connectivity index (χ1v) is 8.48. The third-order valence-electron chi connectivity index (χ3n) is 4.42. The van der Waals surface area contributed by atoms with Crippen LogP contribution in [0.1, 0.15) is 35.5 Å². The summed E-state index contributed by atoms with van der Waals surface area (Å²) in [6.07, 6.45) is 1.82. The fourth-order valence-electron chi connectivity index (χ4n) is 2.96. The average Bonchev–Trinajstić information content (AvgIpc) is 3.06. The van der Waals surface area contributed by atoms with E-state index in [2.05, 4.69) is 22.4 Å². The van der Waals surface area contributed by atoms with E-state index in [1.165, 1.54) is 12.1 Å². The summed E-state index contributed by atoms with van der Waals surface area (Å²) >= 11 is 6.28. The molecule has 0 aliphatic heterocycles. The second-order valence-corrected chi connectivity index (χ2v) is 6.52. The molecule has 5 nitrogen and oxygen atoms in total. The molecule has 0 radical (unpaired) electrons. The lowest BCUT2D eigenvalue weighted by molar-refractivity contribution is 0.570. The first-order valence-electron chi connectivity index (χ1n) is 8.10. The van der Waals surface area contributed by atoms with Gasteiger partial charge in [-0.3, -0.25) is 4.68 Å². The van der Waals surface area contributed by atoms with E-state index in [9.17, 15) is 4.39 Å². The lowest BCUT2D eigenvalue weighted by Crippen LogP contribution is -2.19. The summed E-state index contributed by atoms with van der Waals surface area (Å²) in [4.78, 5) is 0. The Hall–Kier alpha value is -2.18. The summed E-state index contributed by atoms with van der Waals surface area (Å²) in [5.74, 6) is -0.276. The Labute approximate surface area is 151 Å². The van der Waals surface area contributed by atoms with Crippen LogP contribution in [-0.4, -0.2) is 19.6 Å². The first-order chi connectivity index (χ1) is 11.9. The molecular weight excluding hydrogens is 341 g/mol. The first kappa shape index (κ1) is 17.6. The number of hydrogen-bond acceptors (Lipinski definition) is 3. The highest BCUT2D eigenvalue weighted by molar-refractivity contribution is 6.30. The van der Waals surface area contributed by atoms with Crippen molar-refractivity contribution in [2.75, 3.05) is 0 Å². The molecule has 1 aromatic carbocycles. The molecule has 0 saturated carbocycles. The predicted molar refractivity (Wildman–Crippen MR) is 96.5 cm³/mol. The van der Waals surface area contributed by atoms with E-state index < -0.39 is 0 Å². The molecule has 0 saturated heterocycles. The van der Waals surface area contributed by atoms with Gasteiger partial charge in [-0.1, -0.05) is 17.7 Å². The van der Waals surface area contributed by atoms with Crippen molar-refractivity contribution in [2.45, 2.75) is 33.4 Å². The topological polar surface area (TPSA) is 47.7 Å². The minimum atomic E-state index is -0.276. The molecule has 0 spiro atoms. The molecule has 3 rings (SSSR count). The van der Waals surface area contributed by atoms with Gasteiger partial charge < -0.3 is 5.32 Å². The van der Waals surface area contributed by atoms with Crippen LogP contribution in [0.25, 0.3) is 5.69 Å². The SMILES string of the molecule is Cc1nn(C)c(Cl)c1CN[C@@H](C)c1cnn(-c2cccc(F)c2)c1C. The Kier molecular flexibility index (Phi) is 4.92. The number of aromatic nitrogens is 4. The molecule has 25 heavy (non-hydrogen) atoms. The smallest absolute Gasteiger partial charge is 0.131 e. The van der Waals surface area contributed by atoms with Crippen molar-refractivity contribution in [3.05, 3.63) is 63.9 Å². The largest absolute Gasteiger partial charge is 0.306 e. The van der Waals surface area contributed by atoms with Crippen LogP contribution < -0.4 is 5.32 Å². The van der Waals surface area contributed by atoms with Crippen molar-refractivity contribution in [1.82, 2.24) is 24.9 Å². The van der Waals surface area contributed by atoms with Gasteiger partial charge in [0.25, 0.3) is 0 Å². The molecule has 2 heterocycles. The number of nitrogens with zero attached hydrogens (tertiary/aromatic N) is 4. The van der Waals surface area contributed by atoms with E-state index in [0.717, 1.165) is 22.5 Å². The van der Waals surface area contributed by atoms with Crippen molar-refractivity contribution < 1.29 is 4.39 Å². The number of nitrogens with one attached hydrogen (secondary N) is 1. The Bertz CT molecular complexity index is 899. The van der Waals surface area contributed by atoms with Gasteiger partial charge in [-0.05, 0) is 39.0 Å². The molecular formula is C18H21ClFN5. The highest BCUT2D eigenvalue weighted by Crippen LogP contribution is 2.23. The normalized spacial score (nSPS) is 12.6. The monoisotopic (exact) mass is 361 g/mol. The second kappa shape index (κ2) is 6.98. The highest BCUT2D eigenvalue weighted by atomic mass is 35.5. The molecule has 1 atom stereocenters. The van der Waals surface area contributed by atoms with Crippen LogP contribution in [0.2, 0.25) is 5.15 Å². The fourth-order valence-corrected chi connectivity index (χ4v) is 3.20. The third-order valence-corrected chi connectivity index (χ3v) is 4.89. The summed E-state index contributed by atoms with van der Waals surface area (Å²) in [6, 6.07) is 6.48. The molecule has 132 valence electrons. The summed E-state index contributed by atoms with van der Waals surface area (Å²) in [5, 5.41) is 12.8. The molecule has 1 N–H and O–H groups in total. The van der Waals surface area contributed by atoms with E-state index >= 15 is 0 Å². The summed E-state index contributed by atoms with van der Waals surface area (Å²) in [7, 11) is 1.83. The molecule has 0 aliphatic rings. The Morgan fingerprint density at radius 3 is 2.72 bits per heavy atom. The van der Waals surface area contributed by atoms with Crippen molar-refractivity contribution in [3.8, 4) is 5.69 Å². The van der Waals surface area contributed by atoms with Crippen LogP contribution in [0.3, 0.4) is 0 Å². The van der Waals surface area contributed by atoms with Gasteiger partial charge in [-0.2, -0.15) is 10.2 Å². The van der Waals surface area contributed by atoms with Crippen molar-refractivity contribution in [2.24, 2.45) is 7.05 Å². The molecule has 7 heteroatoms. The maximum Gasteiger partial charge on any atom is 0.131 e. The highest BCUT2D eigenvalue weighted by Gasteiger charge is 2.16. The van der Waals surface area contributed by atoms with Crippen LogP contribution in [0, 0.1) is 19.7 Å². The van der Waals surface area contributed by atoms with Crippen LogP contribution in [0.5, 0.6) is 0 Å². The average molecular weight is 362 g/mol. The van der Waals surface area contributed by atoms with E-state index in [0.29, 0.717) is 17.4 Å². The summed E-state index contributed by atoms with van der Waals surface area (Å²) < 4.78 is 16.9. The number of hydrogen-bond donors (Lipinski definition) is 1. The van der Waals surface area contributed by atoms with Gasteiger partial charge in [-0.15, -0.1) is 0 Å². The number of benzene rings is 1. The third kappa shape index (κ3) is 3.45.